The Bertz CT molecular complexity index is 404. The van der Waals surface area contributed by atoms with Gasteiger partial charge in [0, 0.05) is 11.6 Å². The summed E-state index contributed by atoms with van der Waals surface area (Å²) in [5.41, 5.74) is 5.92. The summed E-state index contributed by atoms with van der Waals surface area (Å²) in [7, 11) is 0. The second-order valence-electron chi connectivity index (χ2n) is 4.80. The van der Waals surface area contributed by atoms with Gasteiger partial charge in [-0.2, -0.15) is 0 Å². The molecular formula is C13H19ClN2O. The number of carbonyl (C=O) groups excluding carboxylic acids is 1. The largest absolute Gasteiger partial charge is 0.349 e. The molecule has 0 bridgehead atoms. The van der Waals surface area contributed by atoms with E-state index in [1.54, 1.807) is 0 Å². The SMILES string of the molecule is CC(NC(=O)C(C)(C)CN)c1ccccc1Cl. The van der Waals surface area contributed by atoms with E-state index in [0.717, 1.165) is 5.56 Å². The molecule has 1 amide bonds. The highest BCUT2D eigenvalue weighted by Gasteiger charge is 2.27. The molecule has 1 unspecified atom stereocenters. The summed E-state index contributed by atoms with van der Waals surface area (Å²) in [5, 5.41) is 3.58. The van der Waals surface area contributed by atoms with Gasteiger partial charge in [0.15, 0.2) is 0 Å². The Morgan fingerprint density at radius 1 is 1.47 bits per heavy atom. The van der Waals surface area contributed by atoms with Gasteiger partial charge < -0.3 is 11.1 Å². The van der Waals surface area contributed by atoms with Crippen molar-refractivity contribution in [2.24, 2.45) is 11.1 Å². The third kappa shape index (κ3) is 3.45. The second kappa shape index (κ2) is 5.52. The molecular weight excluding hydrogens is 236 g/mol. The average molecular weight is 255 g/mol. The van der Waals surface area contributed by atoms with Gasteiger partial charge in [0.25, 0.3) is 0 Å². The standard InChI is InChI=1S/C13H19ClN2O/c1-9(10-6-4-5-7-11(10)14)16-12(17)13(2,3)8-15/h4-7,9H,8,15H2,1-3H3,(H,16,17). The molecule has 1 atom stereocenters. The second-order valence-corrected chi connectivity index (χ2v) is 5.21. The van der Waals surface area contributed by atoms with Gasteiger partial charge in [0.05, 0.1) is 11.5 Å². The van der Waals surface area contributed by atoms with Crippen molar-refractivity contribution in [3.8, 4) is 0 Å². The Morgan fingerprint density at radius 3 is 2.59 bits per heavy atom. The van der Waals surface area contributed by atoms with E-state index in [-0.39, 0.29) is 11.9 Å². The van der Waals surface area contributed by atoms with Crippen LogP contribution >= 0.6 is 11.6 Å². The van der Waals surface area contributed by atoms with Gasteiger partial charge in [-0.25, -0.2) is 0 Å². The number of nitrogens with one attached hydrogen (secondary N) is 1. The van der Waals surface area contributed by atoms with Crippen LogP contribution in [0, 0.1) is 5.41 Å². The zero-order valence-corrected chi connectivity index (χ0v) is 11.2. The maximum atomic E-state index is 12.0. The number of halogens is 1. The summed E-state index contributed by atoms with van der Waals surface area (Å²) in [6, 6.07) is 7.36. The molecule has 0 spiro atoms. The number of hydrogen-bond donors (Lipinski definition) is 2. The molecule has 94 valence electrons. The van der Waals surface area contributed by atoms with Gasteiger partial charge in [-0.05, 0) is 32.4 Å². The number of carbonyl (C=O) groups is 1. The first-order valence-corrected chi connectivity index (χ1v) is 6.01. The van der Waals surface area contributed by atoms with Gasteiger partial charge in [-0.1, -0.05) is 29.8 Å². The third-order valence-corrected chi connectivity index (χ3v) is 3.19. The smallest absolute Gasteiger partial charge is 0.227 e. The maximum absolute atomic E-state index is 12.0. The monoisotopic (exact) mass is 254 g/mol. The van der Waals surface area contributed by atoms with E-state index in [1.165, 1.54) is 0 Å². The lowest BCUT2D eigenvalue weighted by Gasteiger charge is -2.24. The van der Waals surface area contributed by atoms with Crippen molar-refractivity contribution < 1.29 is 4.79 Å². The highest BCUT2D eigenvalue weighted by atomic mass is 35.5. The molecule has 0 aliphatic rings. The topological polar surface area (TPSA) is 55.1 Å². The fourth-order valence-corrected chi connectivity index (χ4v) is 1.69. The predicted molar refractivity (Wildman–Crippen MR) is 70.8 cm³/mol. The van der Waals surface area contributed by atoms with E-state index >= 15 is 0 Å². The minimum atomic E-state index is -0.560. The fraction of sp³-hybridized carbons (Fsp3) is 0.462. The summed E-state index contributed by atoms with van der Waals surface area (Å²) in [6.45, 7) is 5.86. The minimum absolute atomic E-state index is 0.0626. The molecule has 1 rings (SSSR count). The van der Waals surface area contributed by atoms with E-state index in [1.807, 2.05) is 45.0 Å². The van der Waals surface area contributed by atoms with Crippen LogP contribution in [0.4, 0.5) is 0 Å². The molecule has 3 N–H and O–H groups in total. The normalized spacial score (nSPS) is 13.2. The molecule has 0 heterocycles. The number of nitrogens with two attached hydrogens (primary N) is 1. The highest BCUT2D eigenvalue weighted by Crippen LogP contribution is 2.23. The molecule has 0 radical (unpaired) electrons. The van der Waals surface area contributed by atoms with Crippen LogP contribution in [-0.4, -0.2) is 12.5 Å². The summed E-state index contributed by atoms with van der Waals surface area (Å²) in [5.74, 6) is -0.0626. The van der Waals surface area contributed by atoms with Crippen LogP contribution in [0.25, 0.3) is 0 Å². The van der Waals surface area contributed by atoms with Crippen LogP contribution in [0.2, 0.25) is 5.02 Å². The Morgan fingerprint density at radius 2 is 2.06 bits per heavy atom. The molecule has 0 saturated carbocycles. The van der Waals surface area contributed by atoms with Gasteiger partial charge in [0.1, 0.15) is 0 Å². The van der Waals surface area contributed by atoms with Crippen molar-refractivity contribution in [1.82, 2.24) is 5.32 Å². The molecule has 0 aromatic heterocycles. The van der Waals surface area contributed by atoms with E-state index in [0.29, 0.717) is 11.6 Å². The van der Waals surface area contributed by atoms with E-state index in [9.17, 15) is 4.79 Å². The molecule has 3 nitrogen and oxygen atoms in total. The summed E-state index contributed by atoms with van der Waals surface area (Å²) in [4.78, 5) is 12.0. The highest BCUT2D eigenvalue weighted by molar-refractivity contribution is 6.31. The first kappa shape index (κ1) is 14.0. The fourth-order valence-electron chi connectivity index (χ4n) is 1.39. The van der Waals surface area contributed by atoms with Crippen LogP contribution < -0.4 is 11.1 Å². The number of benzene rings is 1. The zero-order chi connectivity index (χ0) is 13.1. The van der Waals surface area contributed by atoms with Gasteiger partial charge in [0.2, 0.25) is 5.91 Å². The Hall–Kier alpha value is -1.06. The maximum Gasteiger partial charge on any atom is 0.227 e. The molecule has 0 fully saturated rings. The predicted octanol–water partition coefficient (Wildman–Crippen LogP) is 2.50. The molecule has 0 aliphatic heterocycles. The third-order valence-electron chi connectivity index (χ3n) is 2.84. The number of amides is 1. The van der Waals surface area contributed by atoms with Crippen molar-refractivity contribution in [2.45, 2.75) is 26.8 Å². The quantitative estimate of drug-likeness (QED) is 0.868. The Kier molecular flexibility index (Phi) is 4.54. The lowest BCUT2D eigenvalue weighted by atomic mass is 9.92. The lowest BCUT2D eigenvalue weighted by molar-refractivity contribution is -0.129. The molecule has 0 aliphatic carbocycles. The summed E-state index contributed by atoms with van der Waals surface area (Å²) in [6.07, 6.45) is 0. The molecule has 0 saturated heterocycles. The van der Waals surface area contributed by atoms with Crippen molar-refractivity contribution in [3.05, 3.63) is 34.9 Å². The van der Waals surface area contributed by atoms with Crippen molar-refractivity contribution in [3.63, 3.8) is 0 Å². The summed E-state index contributed by atoms with van der Waals surface area (Å²) < 4.78 is 0. The number of rotatable bonds is 4. The average Bonchev–Trinajstić information content (AvgIpc) is 2.29. The van der Waals surface area contributed by atoms with E-state index in [4.69, 9.17) is 17.3 Å². The van der Waals surface area contributed by atoms with Crippen molar-refractivity contribution >= 4 is 17.5 Å². The molecule has 17 heavy (non-hydrogen) atoms. The zero-order valence-electron chi connectivity index (χ0n) is 10.5. The summed E-state index contributed by atoms with van der Waals surface area (Å²) >= 11 is 6.07. The van der Waals surface area contributed by atoms with E-state index in [2.05, 4.69) is 5.32 Å². The molecule has 4 heteroatoms. The van der Waals surface area contributed by atoms with Crippen molar-refractivity contribution in [2.75, 3.05) is 6.54 Å². The number of hydrogen-bond acceptors (Lipinski definition) is 2. The van der Waals surface area contributed by atoms with Crippen molar-refractivity contribution in [1.29, 1.82) is 0 Å². The van der Waals surface area contributed by atoms with Crippen LogP contribution in [-0.2, 0) is 4.79 Å². The molecule has 1 aromatic rings. The minimum Gasteiger partial charge on any atom is -0.349 e. The Labute approximate surface area is 107 Å². The van der Waals surface area contributed by atoms with E-state index < -0.39 is 5.41 Å². The first-order valence-electron chi connectivity index (χ1n) is 5.64. The van der Waals surface area contributed by atoms with Crippen LogP contribution in [0.15, 0.2) is 24.3 Å². The first-order chi connectivity index (χ1) is 7.88. The van der Waals surface area contributed by atoms with Crippen LogP contribution in [0.3, 0.4) is 0 Å². The van der Waals surface area contributed by atoms with Gasteiger partial charge in [-0.15, -0.1) is 0 Å². The van der Waals surface area contributed by atoms with Gasteiger partial charge >= 0.3 is 0 Å². The van der Waals surface area contributed by atoms with Crippen LogP contribution in [0.5, 0.6) is 0 Å². The molecule has 1 aromatic carbocycles. The van der Waals surface area contributed by atoms with Crippen LogP contribution in [0.1, 0.15) is 32.4 Å². The Balaban J connectivity index is 2.77. The lowest BCUT2D eigenvalue weighted by Crippen LogP contribution is -2.42. The van der Waals surface area contributed by atoms with Gasteiger partial charge in [-0.3, -0.25) is 4.79 Å².